The number of amidine groups is 1. The fourth-order valence-electron chi connectivity index (χ4n) is 3.32. The Morgan fingerprint density at radius 1 is 1.18 bits per heavy atom. The van der Waals surface area contributed by atoms with Crippen molar-refractivity contribution in [2.75, 3.05) is 27.9 Å². The number of rotatable bonds is 8. The number of carbonyl (C=O) groups excluding carboxylic acids is 2. The maximum absolute atomic E-state index is 12.3. The van der Waals surface area contributed by atoms with E-state index < -0.39 is 0 Å². The summed E-state index contributed by atoms with van der Waals surface area (Å²) in [6.45, 7) is 3.94. The maximum Gasteiger partial charge on any atom is 0.308 e. The SMILES string of the molecule is CN=C(N=CN)c1ccc(C2CCC(COC(=O)C(C)C)O2)[nH]1.CO.CO.O=CCCc1ccc(F)cc1.[W]. The number of nitrogens with two attached hydrogens (primary N) is 1. The molecule has 10 nitrogen and oxygen atoms in total. The number of benzene rings is 1. The third-order valence-corrected chi connectivity index (χ3v) is 5.16. The second kappa shape index (κ2) is 23.2. The Balaban J connectivity index is 0. The summed E-state index contributed by atoms with van der Waals surface area (Å²) >= 11 is 0. The number of hydrogen-bond donors (Lipinski definition) is 4. The van der Waals surface area contributed by atoms with Gasteiger partial charge in [0.2, 0.25) is 0 Å². The molecule has 2 aromatic rings. The molecule has 1 aromatic heterocycles. The molecule has 0 saturated carbocycles. The number of carbonyl (C=O) groups is 2. The minimum absolute atomic E-state index is 0. The van der Waals surface area contributed by atoms with Crippen molar-refractivity contribution in [3.63, 3.8) is 0 Å². The van der Waals surface area contributed by atoms with Crippen molar-refractivity contribution in [1.29, 1.82) is 0 Å². The molecule has 0 spiro atoms. The molecule has 1 aliphatic rings. The number of H-pyrrole nitrogens is 1. The number of aliphatic hydroxyl groups is 2. The van der Waals surface area contributed by atoms with Crippen LogP contribution in [0.15, 0.2) is 46.4 Å². The summed E-state index contributed by atoms with van der Waals surface area (Å²) < 4.78 is 23.5. The van der Waals surface area contributed by atoms with Crippen LogP contribution in [0.2, 0.25) is 0 Å². The van der Waals surface area contributed by atoms with Gasteiger partial charge in [-0.05, 0) is 49.1 Å². The van der Waals surface area contributed by atoms with E-state index in [1.807, 2.05) is 26.0 Å². The first-order chi connectivity index (χ1) is 18.4. The first-order valence-corrected chi connectivity index (χ1v) is 12.2. The topological polar surface area (TPSA) is 160 Å². The van der Waals surface area contributed by atoms with Crippen molar-refractivity contribution in [2.24, 2.45) is 21.6 Å². The molecule has 1 fully saturated rings. The Morgan fingerprint density at radius 3 is 2.36 bits per heavy atom. The van der Waals surface area contributed by atoms with Gasteiger partial charge in [0.25, 0.3) is 0 Å². The summed E-state index contributed by atoms with van der Waals surface area (Å²) in [5, 5.41) is 14.0. The Kier molecular flexibility index (Phi) is 22.8. The number of aldehydes is 1. The number of aliphatic hydroxyl groups excluding tert-OH is 2. The summed E-state index contributed by atoms with van der Waals surface area (Å²) in [5.74, 6) is -0.00492. The molecule has 1 saturated heterocycles. The largest absolute Gasteiger partial charge is 0.463 e. The number of esters is 1. The van der Waals surface area contributed by atoms with Gasteiger partial charge >= 0.3 is 5.97 Å². The molecule has 12 heteroatoms. The second-order valence-electron chi connectivity index (χ2n) is 8.09. The molecule has 2 unspecified atom stereocenters. The van der Waals surface area contributed by atoms with E-state index in [0.29, 0.717) is 25.3 Å². The minimum Gasteiger partial charge on any atom is -0.463 e. The molecule has 1 aromatic carbocycles. The van der Waals surface area contributed by atoms with Crippen LogP contribution in [-0.4, -0.2) is 73.6 Å². The van der Waals surface area contributed by atoms with Gasteiger partial charge in [0.15, 0.2) is 5.84 Å². The van der Waals surface area contributed by atoms with Crippen molar-refractivity contribution in [3.05, 3.63) is 59.2 Å². The first-order valence-electron chi connectivity index (χ1n) is 12.2. The third kappa shape index (κ3) is 14.9. The van der Waals surface area contributed by atoms with Crippen LogP contribution in [0.25, 0.3) is 0 Å². The van der Waals surface area contributed by atoms with E-state index in [9.17, 15) is 14.0 Å². The molecule has 218 valence electrons. The number of ether oxygens (including phenoxy) is 2. The van der Waals surface area contributed by atoms with Crippen molar-refractivity contribution in [1.82, 2.24) is 4.98 Å². The summed E-state index contributed by atoms with van der Waals surface area (Å²) in [4.78, 5) is 32.8. The maximum atomic E-state index is 12.3. The zero-order valence-electron chi connectivity index (χ0n) is 23.2. The number of aromatic amines is 1. The summed E-state index contributed by atoms with van der Waals surface area (Å²) in [5.41, 5.74) is 8.07. The quantitative estimate of drug-likeness (QED) is 0.141. The van der Waals surface area contributed by atoms with E-state index in [1.54, 1.807) is 19.2 Å². The van der Waals surface area contributed by atoms with Gasteiger partial charge in [0, 0.05) is 54.4 Å². The molecule has 2 atom stereocenters. The van der Waals surface area contributed by atoms with Crippen LogP contribution in [0.3, 0.4) is 0 Å². The van der Waals surface area contributed by atoms with Gasteiger partial charge in [-0.15, -0.1) is 0 Å². The molecular formula is C27H41FN4O6W. The summed E-state index contributed by atoms with van der Waals surface area (Å²) in [7, 11) is 3.66. The molecule has 0 bridgehead atoms. The summed E-state index contributed by atoms with van der Waals surface area (Å²) in [6, 6.07) is 10.1. The normalized spacial score (nSPS) is 16.1. The number of aliphatic imine (C=N–C) groups is 2. The van der Waals surface area contributed by atoms with Crippen LogP contribution in [0.1, 0.15) is 56.2 Å². The monoisotopic (exact) mass is 720 g/mol. The van der Waals surface area contributed by atoms with Crippen molar-refractivity contribution < 1.29 is 54.7 Å². The third-order valence-electron chi connectivity index (χ3n) is 5.16. The predicted octanol–water partition coefficient (Wildman–Crippen LogP) is 2.97. The Morgan fingerprint density at radius 2 is 1.82 bits per heavy atom. The van der Waals surface area contributed by atoms with E-state index >= 15 is 0 Å². The van der Waals surface area contributed by atoms with E-state index in [-0.39, 0.29) is 51.0 Å². The number of nitrogens with one attached hydrogen (secondary N) is 1. The molecule has 1 aliphatic heterocycles. The van der Waals surface area contributed by atoms with Gasteiger partial charge in [-0.3, -0.25) is 9.79 Å². The number of aryl methyl sites for hydroxylation is 1. The van der Waals surface area contributed by atoms with Gasteiger partial charge in [-0.25, -0.2) is 9.38 Å². The Bertz CT molecular complexity index is 983. The van der Waals surface area contributed by atoms with E-state index in [4.69, 9.17) is 25.4 Å². The smallest absolute Gasteiger partial charge is 0.308 e. The average Bonchev–Trinajstić information content (AvgIpc) is 3.63. The number of hydrogen-bond acceptors (Lipinski definition) is 7. The predicted molar refractivity (Wildman–Crippen MR) is 146 cm³/mol. The molecule has 0 aliphatic carbocycles. The van der Waals surface area contributed by atoms with Crippen LogP contribution in [-0.2, 0) is 46.5 Å². The Hall–Kier alpha value is -2.72. The van der Waals surface area contributed by atoms with Crippen LogP contribution in [0.5, 0.6) is 0 Å². The van der Waals surface area contributed by atoms with Gasteiger partial charge in [0.1, 0.15) is 18.7 Å². The fourth-order valence-corrected chi connectivity index (χ4v) is 3.32. The molecule has 3 rings (SSSR count). The zero-order valence-corrected chi connectivity index (χ0v) is 26.1. The first kappa shape index (κ1) is 38.4. The molecule has 2 heterocycles. The molecule has 0 amide bonds. The van der Waals surface area contributed by atoms with Gasteiger partial charge in [-0.1, -0.05) is 26.0 Å². The van der Waals surface area contributed by atoms with E-state index in [0.717, 1.165) is 50.3 Å². The number of nitrogens with zero attached hydrogens (tertiary/aromatic N) is 2. The van der Waals surface area contributed by atoms with Gasteiger partial charge < -0.3 is 35.2 Å². The van der Waals surface area contributed by atoms with E-state index in [2.05, 4.69) is 15.0 Å². The molecular weight excluding hydrogens is 679 g/mol. The molecule has 39 heavy (non-hydrogen) atoms. The van der Waals surface area contributed by atoms with Crippen molar-refractivity contribution in [2.45, 2.75) is 51.7 Å². The van der Waals surface area contributed by atoms with Crippen molar-refractivity contribution in [3.8, 4) is 0 Å². The zero-order chi connectivity index (χ0) is 28.9. The molecule has 0 radical (unpaired) electrons. The average molecular weight is 720 g/mol. The molecule has 5 N–H and O–H groups in total. The number of halogens is 1. The van der Waals surface area contributed by atoms with Crippen LogP contribution in [0, 0.1) is 11.7 Å². The van der Waals surface area contributed by atoms with Crippen LogP contribution in [0.4, 0.5) is 4.39 Å². The van der Waals surface area contributed by atoms with Gasteiger partial charge in [-0.2, -0.15) is 0 Å². The second-order valence-corrected chi connectivity index (χ2v) is 8.09. The van der Waals surface area contributed by atoms with Crippen molar-refractivity contribution >= 4 is 24.4 Å². The van der Waals surface area contributed by atoms with Crippen LogP contribution >= 0.6 is 0 Å². The van der Waals surface area contributed by atoms with E-state index in [1.165, 1.54) is 18.5 Å². The summed E-state index contributed by atoms with van der Waals surface area (Å²) in [6.07, 6.45) is 4.93. The van der Waals surface area contributed by atoms with Crippen LogP contribution < -0.4 is 5.73 Å². The number of aromatic nitrogens is 1. The fraction of sp³-hybridized carbons (Fsp3) is 0.481. The standard InChI is InChI=1S/C16H24N4O3.C9H9FO.2CH4O.W/c1-10(2)16(21)22-8-11-4-7-14(23-11)12-5-6-13(20-12)15(18-3)19-9-17;10-9-5-3-8(4-6-9)2-1-7-11;2*1-2;/h5-6,9-11,14,20H,4,7-8H2,1-3H3,(H2,17,18,19);3-7H,1-2H2;2*2H,1H3;. The minimum atomic E-state index is -0.236. The Labute approximate surface area is 244 Å². The van der Waals surface area contributed by atoms with Gasteiger partial charge in [0.05, 0.1) is 30.2 Å².